The number of fused-ring (bicyclic) bond motifs is 4. The van der Waals surface area contributed by atoms with Crippen LogP contribution in [0.5, 0.6) is 0 Å². The summed E-state index contributed by atoms with van der Waals surface area (Å²) < 4.78 is 31.2. The smallest absolute Gasteiger partial charge is 0.334 e. The first-order valence-electron chi connectivity index (χ1n) is 12.7. The van der Waals surface area contributed by atoms with Gasteiger partial charge in [0.05, 0.1) is 17.9 Å². The van der Waals surface area contributed by atoms with Crippen molar-refractivity contribution >= 4 is 17.9 Å². The fourth-order valence-electron chi connectivity index (χ4n) is 8.45. The Morgan fingerprint density at radius 2 is 1.94 bits per heavy atom. The van der Waals surface area contributed by atoms with Crippen LogP contribution in [0.1, 0.15) is 60.3 Å². The van der Waals surface area contributed by atoms with E-state index in [9.17, 15) is 19.5 Å². The van der Waals surface area contributed by atoms with Crippen molar-refractivity contribution in [3.63, 3.8) is 0 Å². The van der Waals surface area contributed by atoms with E-state index in [2.05, 4.69) is 20.8 Å². The van der Waals surface area contributed by atoms with Crippen LogP contribution in [-0.2, 0) is 38.1 Å². The molecule has 7 aliphatic rings. The molecule has 9 atom stereocenters. The fourth-order valence-corrected chi connectivity index (χ4v) is 8.45. The Morgan fingerprint density at radius 3 is 2.63 bits per heavy atom. The maximum absolute atomic E-state index is 13.2. The highest BCUT2D eigenvalue weighted by molar-refractivity contribution is 5.92. The van der Waals surface area contributed by atoms with Crippen LogP contribution in [0.15, 0.2) is 11.1 Å². The number of carboxylic acid groups (broad SMARTS) is 1. The number of epoxide rings is 3. The largest absolute Gasteiger partial charge is 0.481 e. The lowest BCUT2D eigenvalue weighted by Crippen LogP contribution is -2.70. The van der Waals surface area contributed by atoms with E-state index in [4.69, 9.17) is 23.7 Å². The molecule has 4 aliphatic heterocycles. The maximum atomic E-state index is 13.2. The lowest BCUT2D eigenvalue weighted by atomic mass is 9.46. The topological polar surface area (TPSA) is 127 Å². The summed E-state index contributed by atoms with van der Waals surface area (Å²) in [5.41, 5.74) is -1.90. The van der Waals surface area contributed by atoms with E-state index in [-0.39, 0.29) is 48.0 Å². The Morgan fingerprint density at radius 1 is 1.20 bits per heavy atom. The van der Waals surface area contributed by atoms with Gasteiger partial charge in [-0.25, -0.2) is 4.79 Å². The number of aliphatic carboxylic acids is 1. The van der Waals surface area contributed by atoms with Crippen LogP contribution in [-0.4, -0.2) is 70.8 Å². The van der Waals surface area contributed by atoms with Gasteiger partial charge >= 0.3 is 17.9 Å². The second-order valence-electron chi connectivity index (χ2n) is 12.7. The lowest BCUT2D eigenvalue weighted by molar-refractivity contribution is -0.174. The van der Waals surface area contributed by atoms with Crippen LogP contribution in [0.25, 0.3) is 0 Å². The van der Waals surface area contributed by atoms with Crippen molar-refractivity contribution in [2.45, 2.75) is 102 Å². The maximum Gasteiger partial charge on any atom is 0.334 e. The van der Waals surface area contributed by atoms with Crippen molar-refractivity contribution in [2.75, 3.05) is 6.61 Å². The van der Waals surface area contributed by atoms with E-state index in [0.29, 0.717) is 19.4 Å². The highest BCUT2D eigenvalue weighted by Crippen LogP contribution is 2.83. The van der Waals surface area contributed by atoms with Gasteiger partial charge in [0, 0.05) is 11.0 Å². The molecule has 1 N–H and O–H groups in total. The van der Waals surface area contributed by atoms with Crippen molar-refractivity contribution in [3.8, 4) is 0 Å². The monoisotopic (exact) mass is 488 g/mol. The second-order valence-corrected chi connectivity index (χ2v) is 12.7. The molecule has 0 aromatic rings. The normalized spacial score (nSPS) is 50.1. The summed E-state index contributed by atoms with van der Waals surface area (Å²) in [6, 6.07) is 0. The summed E-state index contributed by atoms with van der Waals surface area (Å²) >= 11 is 0. The summed E-state index contributed by atoms with van der Waals surface area (Å²) in [6.07, 6.45) is 0.604. The van der Waals surface area contributed by atoms with E-state index in [0.717, 1.165) is 17.6 Å². The van der Waals surface area contributed by atoms with Crippen LogP contribution in [0.2, 0.25) is 0 Å². The molecule has 2 saturated carbocycles. The molecule has 0 amide bonds. The minimum absolute atomic E-state index is 0.0475. The molecule has 0 aromatic heterocycles. The summed E-state index contributed by atoms with van der Waals surface area (Å²) in [6.45, 7) is 9.70. The molecular formula is C26H32O9. The van der Waals surface area contributed by atoms with Crippen LogP contribution in [0.3, 0.4) is 0 Å². The third-order valence-corrected chi connectivity index (χ3v) is 10.5. The molecule has 2 spiro atoms. The Hall–Kier alpha value is -1.97. The molecule has 190 valence electrons. The molecule has 7 rings (SSSR count). The molecule has 5 fully saturated rings. The van der Waals surface area contributed by atoms with Gasteiger partial charge in [0.25, 0.3) is 0 Å². The highest BCUT2D eigenvalue weighted by Gasteiger charge is 3.01. The van der Waals surface area contributed by atoms with Gasteiger partial charge in [-0.2, -0.15) is 0 Å². The Kier molecular flexibility index (Phi) is 3.89. The Balaban J connectivity index is 1.29. The standard InChI is InChI=1S/C26H32O9/c1-11(2)24-17(34-24)18-26(35-18)23(5)7-6-12-13(10-31-19(12)28)14(23)8-15-25(26,33-15)20(24)32-16(27)9-22(3,4)21(29)30/h11,14-15,17-18,20H,6-10H2,1-5H3,(H,29,30)/t14-,15-,17-,18-,20+,23-,24-,25+,26+/m0/s1. The molecule has 35 heavy (non-hydrogen) atoms. The van der Waals surface area contributed by atoms with Crippen LogP contribution < -0.4 is 0 Å². The van der Waals surface area contributed by atoms with E-state index < -0.39 is 40.3 Å². The molecule has 3 saturated heterocycles. The fraction of sp³-hybridized carbons (Fsp3) is 0.808. The van der Waals surface area contributed by atoms with Crippen molar-refractivity contribution in [2.24, 2.45) is 22.7 Å². The highest BCUT2D eigenvalue weighted by atomic mass is 16.8. The van der Waals surface area contributed by atoms with Crippen LogP contribution >= 0.6 is 0 Å². The first-order valence-corrected chi connectivity index (χ1v) is 12.7. The average Bonchev–Trinajstić information content (AvgIpc) is 3.66. The third-order valence-electron chi connectivity index (χ3n) is 10.5. The van der Waals surface area contributed by atoms with E-state index in [1.54, 1.807) is 0 Å². The molecule has 0 radical (unpaired) electrons. The lowest BCUT2D eigenvalue weighted by Gasteiger charge is -2.53. The molecule has 4 heterocycles. The zero-order chi connectivity index (χ0) is 24.9. The number of carbonyl (C=O) groups excluding carboxylic acids is 2. The van der Waals surface area contributed by atoms with Gasteiger partial charge in [0.2, 0.25) is 0 Å². The van der Waals surface area contributed by atoms with Gasteiger partial charge in [-0.1, -0.05) is 20.8 Å². The number of hydrogen-bond donors (Lipinski definition) is 1. The number of hydrogen-bond acceptors (Lipinski definition) is 8. The van der Waals surface area contributed by atoms with Crippen molar-refractivity contribution in [1.82, 2.24) is 0 Å². The summed E-state index contributed by atoms with van der Waals surface area (Å²) in [4.78, 5) is 37.1. The first-order chi connectivity index (χ1) is 16.4. The number of cyclic esters (lactones) is 1. The van der Waals surface area contributed by atoms with Crippen molar-refractivity contribution in [1.29, 1.82) is 0 Å². The zero-order valence-electron chi connectivity index (χ0n) is 20.7. The van der Waals surface area contributed by atoms with Crippen LogP contribution in [0, 0.1) is 22.7 Å². The minimum atomic E-state index is -1.25. The molecule has 0 bridgehead atoms. The number of ether oxygens (including phenoxy) is 5. The van der Waals surface area contributed by atoms with Gasteiger partial charge < -0.3 is 28.8 Å². The number of rotatable bonds is 5. The van der Waals surface area contributed by atoms with Crippen LogP contribution in [0.4, 0.5) is 0 Å². The SMILES string of the molecule is CC(C)[C@]12O[C@H]1[C@@H]1O[C@]13[C@]1(O[C@H]1C[C@H]1C4=C(CC[C@@]13C)C(=O)OC4)[C@@H]2OC(=O)CC(C)(C)C(=O)O. The predicted octanol–water partition coefficient (Wildman–Crippen LogP) is 2.15. The minimum Gasteiger partial charge on any atom is -0.481 e. The molecule has 9 heteroatoms. The number of carboxylic acids is 1. The first kappa shape index (κ1) is 22.2. The number of esters is 2. The quantitative estimate of drug-likeness (QED) is 0.457. The predicted molar refractivity (Wildman–Crippen MR) is 117 cm³/mol. The third kappa shape index (κ3) is 2.26. The van der Waals surface area contributed by atoms with Crippen molar-refractivity contribution in [3.05, 3.63) is 11.1 Å². The second kappa shape index (κ2) is 6.11. The van der Waals surface area contributed by atoms with Crippen molar-refractivity contribution < 1.29 is 43.2 Å². The van der Waals surface area contributed by atoms with E-state index in [1.807, 2.05) is 0 Å². The number of carbonyl (C=O) groups is 3. The summed E-state index contributed by atoms with van der Waals surface area (Å²) in [5.74, 6) is -1.68. The molecule has 0 aromatic carbocycles. The molecule has 9 nitrogen and oxygen atoms in total. The molecule has 3 aliphatic carbocycles. The van der Waals surface area contributed by atoms with Gasteiger partial charge in [0.15, 0.2) is 11.7 Å². The molecular weight excluding hydrogens is 456 g/mol. The molecule has 0 unspecified atom stereocenters. The zero-order valence-corrected chi connectivity index (χ0v) is 20.7. The van der Waals surface area contributed by atoms with Gasteiger partial charge in [0.1, 0.15) is 30.0 Å². The van der Waals surface area contributed by atoms with Gasteiger partial charge in [-0.05, 0) is 50.5 Å². The average molecular weight is 489 g/mol. The van der Waals surface area contributed by atoms with E-state index >= 15 is 0 Å². The summed E-state index contributed by atoms with van der Waals surface area (Å²) in [7, 11) is 0. The summed E-state index contributed by atoms with van der Waals surface area (Å²) in [5, 5.41) is 9.53. The van der Waals surface area contributed by atoms with Gasteiger partial charge in [-0.3, -0.25) is 9.59 Å². The van der Waals surface area contributed by atoms with Gasteiger partial charge in [-0.15, -0.1) is 0 Å². The Labute approximate surface area is 203 Å². The Bertz CT molecular complexity index is 1120. The van der Waals surface area contributed by atoms with E-state index in [1.165, 1.54) is 13.8 Å².